The van der Waals surface area contributed by atoms with Crippen molar-refractivity contribution in [1.29, 1.82) is 0 Å². The van der Waals surface area contributed by atoms with Crippen LogP contribution >= 0.6 is 0 Å². The Kier molecular flexibility index (Phi) is 34.8. The Morgan fingerprint density at radius 3 is 0.924 bits per heavy atom. The standard InChI is InChI=1S/C66H111N3O50/c1-14-30(80)40(90)45(95)60(103-14)102-13-26-52(37(87)27(57(100)104-26)67-15(2)77)113-58-28(68-16(3)78)38(88)51(24(11-76)110-58)115-64-49(99)54(117-65-55(43(93)33(83)20(7-72)108-65)118-59-29(69-17(4)79)39(89)50(23(10-75)111-59)114-62-46(96)41(91)31(81)18(5-70)106-62)36(86)25(112-64)12-101-61-48(98)53(35(85)22(9-74)105-61)116-66-56(44(94)34(84)21(8-73)109-66)119-63-47(97)42(92)32(82)19(6-71)107-63/h14,18-66,70-76,80-100H,5-13H2,1-4H3,(H,67,77)(H,68,78)(H,69,79)/t14-,18-,19-,20-,21-,22-,23-,24-,25-,26-,27-,28-,29-,30+,31+,32-,33-,34-,35-,36-,37-,38-,39-,40+,41+,42+,43+,44+,45-,46-,47+,48+,49+,50-,51-,52-,53+,54+,55+,56+,57-,58+,59+,60+,61+,62+,63-,64+,65-,66-/m1/s1. The van der Waals surface area contributed by atoms with E-state index in [1.807, 2.05) is 0 Å². The van der Waals surface area contributed by atoms with Crippen LogP contribution in [-0.2, 0) is 104 Å². The molecule has 10 aliphatic heterocycles. The quantitative estimate of drug-likeness (QED) is 0.0318. The Balaban J connectivity index is 0.969. The minimum Gasteiger partial charge on any atom is -0.394 e. The molecule has 0 aromatic rings. The van der Waals surface area contributed by atoms with E-state index in [9.17, 15) is 157 Å². The van der Waals surface area contributed by atoms with Crippen molar-refractivity contribution in [2.45, 2.75) is 335 Å². The van der Waals surface area contributed by atoms with Gasteiger partial charge in [-0.1, -0.05) is 0 Å². The van der Waals surface area contributed by atoms with Crippen LogP contribution in [0.4, 0.5) is 0 Å². The van der Waals surface area contributed by atoms with Crippen LogP contribution in [0.3, 0.4) is 0 Å². The number of hydrogen-bond acceptors (Lipinski definition) is 50. The van der Waals surface area contributed by atoms with Crippen LogP contribution in [0, 0.1) is 0 Å². The molecule has 53 nitrogen and oxygen atoms in total. The number of rotatable bonds is 30. The summed E-state index contributed by atoms with van der Waals surface area (Å²) in [6.07, 6.45) is -97.8. The minimum atomic E-state index is -2.61. The van der Waals surface area contributed by atoms with Gasteiger partial charge >= 0.3 is 0 Å². The molecule has 119 heavy (non-hydrogen) atoms. The Bertz CT molecular complexity index is 3160. The molecule has 53 heteroatoms. The zero-order chi connectivity index (χ0) is 87.5. The summed E-state index contributed by atoms with van der Waals surface area (Å²) in [6.45, 7) is -5.75. The lowest BCUT2D eigenvalue weighted by atomic mass is 9.93. The number of nitrogens with one attached hydrogen (secondary N) is 3. The van der Waals surface area contributed by atoms with Gasteiger partial charge in [0.05, 0.1) is 65.6 Å². The van der Waals surface area contributed by atoms with Gasteiger partial charge in [-0.05, 0) is 6.92 Å². The second-order valence-electron chi connectivity index (χ2n) is 30.3. The van der Waals surface area contributed by atoms with E-state index in [1.54, 1.807) is 0 Å². The lowest BCUT2D eigenvalue weighted by molar-refractivity contribution is -0.400. The van der Waals surface area contributed by atoms with Gasteiger partial charge < -0.3 is 249 Å². The van der Waals surface area contributed by atoms with Crippen molar-refractivity contribution in [3.8, 4) is 0 Å². The summed E-state index contributed by atoms with van der Waals surface area (Å²) >= 11 is 0. The largest absolute Gasteiger partial charge is 0.394 e. The third-order valence-corrected chi connectivity index (χ3v) is 22.0. The molecule has 10 rings (SSSR count). The van der Waals surface area contributed by atoms with Gasteiger partial charge in [-0.25, -0.2) is 0 Å². The zero-order valence-electron chi connectivity index (χ0n) is 63.7. The minimum absolute atomic E-state index is 0.842. The van der Waals surface area contributed by atoms with E-state index in [0.717, 1.165) is 20.8 Å². The van der Waals surface area contributed by atoms with Crippen molar-refractivity contribution >= 4 is 17.7 Å². The van der Waals surface area contributed by atoms with Crippen molar-refractivity contribution in [2.75, 3.05) is 59.5 Å². The fraction of sp³-hybridized carbons (Fsp3) is 0.955. The average Bonchev–Trinajstić information content (AvgIpc) is 0.770. The summed E-state index contributed by atoms with van der Waals surface area (Å²) in [4.78, 5) is 38.6. The molecule has 50 atom stereocenters. The molecule has 3 amide bonds. The van der Waals surface area contributed by atoms with E-state index in [-0.39, 0.29) is 0 Å². The maximum Gasteiger partial charge on any atom is 0.217 e. The number of ether oxygens (including phenoxy) is 19. The Morgan fingerprint density at radius 2 is 0.504 bits per heavy atom. The number of amides is 3. The lowest BCUT2D eigenvalue weighted by Crippen LogP contribution is -2.71. The van der Waals surface area contributed by atoms with E-state index in [2.05, 4.69) is 16.0 Å². The topological polar surface area (TPSA) is 829 Å². The van der Waals surface area contributed by atoms with E-state index in [1.165, 1.54) is 6.92 Å². The van der Waals surface area contributed by atoms with Crippen molar-refractivity contribution in [1.82, 2.24) is 16.0 Å². The first kappa shape index (κ1) is 97.7. The van der Waals surface area contributed by atoms with E-state index >= 15 is 0 Å². The monoisotopic (exact) mass is 1750 g/mol. The van der Waals surface area contributed by atoms with E-state index < -0.39 is 384 Å². The predicted molar refractivity (Wildman–Crippen MR) is 363 cm³/mol. The van der Waals surface area contributed by atoms with Crippen LogP contribution in [-0.4, -0.2) is 527 Å². The lowest BCUT2D eigenvalue weighted by Gasteiger charge is -2.51. The molecule has 0 aliphatic carbocycles. The van der Waals surface area contributed by atoms with Crippen LogP contribution < -0.4 is 16.0 Å². The second-order valence-corrected chi connectivity index (χ2v) is 30.3. The third-order valence-electron chi connectivity index (χ3n) is 22.0. The normalized spacial score (nSPS) is 50.7. The summed E-state index contributed by atoms with van der Waals surface area (Å²) < 4.78 is 112. The van der Waals surface area contributed by atoms with Gasteiger partial charge in [-0.2, -0.15) is 0 Å². The van der Waals surface area contributed by atoms with Crippen molar-refractivity contribution in [3.05, 3.63) is 0 Å². The molecule has 10 fully saturated rings. The first-order valence-electron chi connectivity index (χ1n) is 38.0. The van der Waals surface area contributed by atoms with Gasteiger partial charge in [-0.3, -0.25) is 14.4 Å². The van der Waals surface area contributed by atoms with E-state index in [4.69, 9.17) is 90.0 Å². The SMILES string of the molecule is CC(=O)N[C@@H]1[C@@H](O)[C@H](O[C@@H]2O[C@H](CO)[C@@H](O[C@@H]3O[C@H](CO[C@H]4O[C@H](CO)[C@@H](O)[C@H](O[C@H]5O[C@H](CO)[C@@H](O)[C@H](O)[C@@H]5O[C@H]5O[C@H](CO)[C@@H](O)[C@H](O)[C@@H]5O)[C@@H]4O)[C@@H](O)[C@H](O[C@H]4O[C@H](CO)[C@@H](O)[C@H](O)[C@@H]4O[C@@H]4O[C@H](CO)[C@@H](O[C@@H]5O[C@H](CO)[C@H](O)[C@H](O)[C@H]5O)[C@H](O)[C@H]4NC(C)=O)[C@@H]3O)[C@H](O)[C@H]2NC(C)=O)[C@@H](CO[C@H]2O[C@H](C)[C@H](O)[C@H](O)[C@H]2O)O[C@H]1O. The molecule has 0 unspecified atom stereocenters. The van der Waals surface area contributed by atoms with Gasteiger partial charge in [0, 0.05) is 20.8 Å². The molecular formula is C66H111N3O50. The highest BCUT2D eigenvalue weighted by molar-refractivity contribution is 5.74. The van der Waals surface area contributed by atoms with Gasteiger partial charge in [0.1, 0.15) is 238 Å². The van der Waals surface area contributed by atoms with Crippen molar-refractivity contribution in [3.63, 3.8) is 0 Å². The van der Waals surface area contributed by atoms with Crippen LogP contribution in [0.15, 0.2) is 0 Å². The number of carbonyl (C=O) groups excluding carboxylic acids is 3. The molecule has 0 aromatic heterocycles. The fourth-order valence-electron chi connectivity index (χ4n) is 15.4. The molecule has 690 valence electrons. The molecule has 10 heterocycles. The molecule has 0 spiro atoms. The maximum atomic E-state index is 13.2. The van der Waals surface area contributed by atoms with Crippen LogP contribution in [0.25, 0.3) is 0 Å². The summed E-state index contributed by atoms with van der Waals surface area (Å²) in [5.41, 5.74) is 0. The van der Waals surface area contributed by atoms with Gasteiger partial charge in [0.15, 0.2) is 62.9 Å². The summed E-state index contributed by atoms with van der Waals surface area (Å²) in [5.74, 6) is -2.80. The summed E-state index contributed by atoms with van der Waals surface area (Å²) in [6, 6.07) is -5.74. The molecule has 0 aromatic carbocycles. The smallest absolute Gasteiger partial charge is 0.217 e. The van der Waals surface area contributed by atoms with Gasteiger partial charge in [0.2, 0.25) is 17.7 Å². The molecule has 0 radical (unpaired) electrons. The molecular weight excluding hydrogens is 1630 g/mol. The number of aliphatic hydroxyl groups is 28. The van der Waals surface area contributed by atoms with Crippen LogP contribution in [0.1, 0.15) is 27.7 Å². The number of aliphatic hydroxyl groups excluding tert-OH is 28. The highest BCUT2D eigenvalue weighted by Gasteiger charge is 2.62. The molecule has 0 bridgehead atoms. The predicted octanol–water partition coefficient (Wildman–Crippen LogP) is -21.3. The Morgan fingerprint density at radius 1 is 0.235 bits per heavy atom. The molecule has 31 N–H and O–H groups in total. The van der Waals surface area contributed by atoms with Crippen LogP contribution in [0.5, 0.6) is 0 Å². The number of hydrogen-bond donors (Lipinski definition) is 31. The van der Waals surface area contributed by atoms with Crippen molar-refractivity contribution in [2.24, 2.45) is 0 Å². The van der Waals surface area contributed by atoms with Crippen LogP contribution in [0.2, 0.25) is 0 Å². The third kappa shape index (κ3) is 21.4. The average molecular weight is 1750 g/mol. The fourth-order valence-corrected chi connectivity index (χ4v) is 15.4. The zero-order valence-corrected chi connectivity index (χ0v) is 63.7. The Hall–Kier alpha value is -3.47. The van der Waals surface area contributed by atoms with Gasteiger partial charge in [-0.15, -0.1) is 0 Å². The highest BCUT2D eigenvalue weighted by Crippen LogP contribution is 2.41. The molecule has 10 saturated heterocycles. The Labute approximate surface area is 673 Å². The van der Waals surface area contributed by atoms with E-state index in [0.29, 0.717) is 0 Å². The second kappa shape index (κ2) is 42.4. The summed E-state index contributed by atoms with van der Waals surface area (Å²) in [7, 11) is 0. The molecule has 0 saturated carbocycles. The highest BCUT2D eigenvalue weighted by atomic mass is 16.8. The maximum absolute atomic E-state index is 13.2. The van der Waals surface area contributed by atoms with Gasteiger partial charge in [0.25, 0.3) is 0 Å². The van der Waals surface area contributed by atoms with Crippen molar-refractivity contribution < 1.29 is 247 Å². The first-order valence-corrected chi connectivity index (χ1v) is 38.0. The molecule has 10 aliphatic rings. The summed E-state index contributed by atoms with van der Waals surface area (Å²) in [5, 5.41) is 318. The number of carbonyl (C=O) groups is 3. The first-order chi connectivity index (χ1) is 56.3.